The van der Waals surface area contributed by atoms with Gasteiger partial charge in [-0.2, -0.15) is 0 Å². The summed E-state index contributed by atoms with van der Waals surface area (Å²) in [6.07, 6.45) is 0. The number of aliphatic imine (C=N–C) groups is 1. The molecule has 4 N–H and O–H groups in total. The lowest BCUT2D eigenvalue weighted by Crippen LogP contribution is -2.22. The minimum atomic E-state index is -3.11. The highest BCUT2D eigenvalue weighted by atomic mass is 32.2. The lowest BCUT2D eigenvalue weighted by molar-refractivity contribution is 0.599. The third-order valence-corrected chi connectivity index (χ3v) is 5.13. The normalized spacial score (nSPS) is 11.3. The van der Waals surface area contributed by atoms with Crippen LogP contribution in [0.25, 0.3) is 0 Å². The van der Waals surface area contributed by atoms with Crippen molar-refractivity contribution >= 4 is 27.1 Å². The molecule has 1 aromatic heterocycles. The van der Waals surface area contributed by atoms with Crippen molar-refractivity contribution in [2.45, 2.75) is 17.7 Å². The summed E-state index contributed by atoms with van der Waals surface area (Å²) in [5.41, 5.74) is 10.3. The fourth-order valence-electron chi connectivity index (χ4n) is 0.922. The molecule has 1 heterocycles. The fourth-order valence-corrected chi connectivity index (χ4v) is 3.32. The van der Waals surface area contributed by atoms with Crippen LogP contribution in [0.2, 0.25) is 0 Å². The molecule has 0 fully saturated rings. The summed E-state index contributed by atoms with van der Waals surface area (Å²) in [5.74, 6) is 0.109. The Bertz CT molecular complexity index is 458. The molecule has 0 aliphatic rings. The summed E-state index contributed by atoms with van der Waals surface area (Å²) in [5, 5.41) is 0. The predicted molar refractivity (Wildman–Crippen MR) is 61.6 cm³/mol. The lowest BCUT2D eigenvalue weighted by Gasteiger charge is -1.94. The van der Waals surface area contributed by atoms with Crippen LogP contribution < -0.4 is 11.5 Å². The highest BCUT2D eigenvalue weighted by molar-refractivity contribution is 7.93. The number of hydrogen-bond donors (Lipinski definition) is 2. The Morgan fingerprint density at radius 1 is 1.47 bits per heavy atom. The highest BCUT2D eigenvalue weighted by Gasteiger charge is 2.13. The van der Waals surface area contributed by atoms with Gasteiger partial charge in [0.1, 0.15) is 4.21 Å². The number of sulfone groups is 1. The highest BCUT2D eigenvalue weighted by Crippen LogP contribution is 2.23. The van der Waals surface area contributed by atoms with Gasteiger partial charge in [-0.05, 0) is 12.1 Å². The van der Waals surface area contributed by atoms with Crippen molar-refractivity contribution in [1.29, 1.82) is 0 Å². The molecular weight excluding hydrogens is 234 g/mol. The summed E-state index contributed by atoms with van der Waals surface area (Å²) in [7, 11) is -3.11. The molecule has 0 saturated carbocycles. The molecule has 0 unspecified atom stereocenters. The van der Waals surface area contributed by atoms with Gasteiger partial charge in [0.15, 0.2) is 15.8 Å². The maximum Gasteiger partial charge on any atom is 0.187 e. The van der Waals surface area contributed by atoms with E-state index in [4.69, 9.17) is 11.5 Å². The van der Waals surface area contributed by atoms with Crippen LogP contribution in [0.3, 0.4) is 0 Å². The number of thiophene rings is 1. The summed E-state index contributed by atoms with van der Waals surface area (Å²) < 4.78 is 23.3. The molecule has 84 valence electrons. The quantitative estimate of drug-likeness (QED) is 0.591. The Labute approximate surface area is 92.7 Å². The van der Waals surface area contributed by atoms with Gasteiger partial charge in [0.25, 0.3) is 0 Å². The molecule has 0 saturated heterocycles. The topological polar surface area (TPSA) is 98.5 Å². The smallest absolute Gasteiger partial charge is 0.187 e. The second-order valence-corrected chi connectivity index (χ2v) is 6.54. The zero-order chi connectivity index (χ0) is 11.5. The van der Waals surface area contributed by atoms with Crippen LogP contribution in [0.4, 0.5) is 0 Å². The summed E-state index contributed by atoms with van der Waals surface area (Å²) in [4.78, 5) is 4.63. The first-order chi connectivity index (χ1) is 6.95. The van der Waals surface area contributed by atoms with Crippen LogP contribution in [0, 0.1) is 0 Å². The van der Waals surface area contributed by atoms with E-state index in [0.717, 1.165) is 4.88 Å². The number of nitrogens with zero attached hydrogens (tertiary/aromatic N) is 1. The molecule has 0 radical (unpaired) electrons. The fraction of sp³-hybridized carbons (Fsp3) is 0.375. The Hall–Kier alpha value is -1.08. The molecule has 0 spiro atoms. The van der Waals surface area contributed by atoms with Crippen molar-refractivity contribution in [2.24, 2.45) is 16.5 Å². The number of hydrogen-bond acceptors (Lipinski definition) is 4. The maximum atomic E-state index is 11.5. The zero-order valence-corrected chi connectivity index (χ0v) is 9.94. The average Bonchev–Trinajstić information content (AvgIpc) is 2.63. The van der Waals surface area contributed by atoms with Crippen LogP contribution in [0.15, 0.2) is 21.3 Å². The van der Waals surface area contributed by atoms with E-state index in [-0.39, 0.29) is 11.7 Å². The van der Waals surface area contributed by atoms with E-state index >= 15 is 0 Å². The molecule has 0 atom stereocenters. The number of guanidine groups is 1. The van der Waals surface area contributed by atoms with Crippen LogP contribution in [0.5, 0.6) is 0 Å². The van der Waals surface area contributed by atoms with Crippen LogP contribution >= 0.6 is 11.3 Å². The number of rotatable bonds is 4. The van der Waals surface area contributed by atoms with Crippen molar-refractivity contribution in [3.63, 3.8) is 0 Å². The minimum absolute atomic E-state index is 0.00305. The van der Waals surface area contributed by atoms with Crippen LogP contribution in [0.1, 0.15) is 11.8 Å². The lowest BCUT2D eigenvalue weighted by atomic mass is 10.5. The molecule has 7 heteroatoms. The van der Waals surface area contributed by atoms with Gasteiger partial charge in [-0.3, -0.25) is 0 Å². The van der Waals surface area contributed by atoms with E-state index in [1.807, 2.05) is 0 Å². The van der Waals surface area contributed by atoms with Gasteiger partial charge in [-0.1, -0.05) is 6.92 Å². The van der Waals surface area contributed by atoms with E-state index in [0.29, 0.717) is 10.8 Å². The van der Waals surface area contributed by atoms with Crippen molar-refractivity contribution in [2.75, 3.05) is 5.75 Å². The van der Waals surface area contributed by atoms with E-state index < -0.39 is 9.84 Å². The Balaban J connectivity index is 2.86. The monoisotopic (exact) mass is 247 g/mol. The van der Waals surface area contributed by atoms with Gasteiger partial charge in [0.2, 0.25) is 0 Å². The molecule has 1 aromatic rings. The maximum absolute atomic E-state index is 11.5. The van der Waals surface area contributed by atoms with Gasteiger partial charge in [0, 0.05) is 4.88 Å². The average molecular weight is 247 g/mol. The van der Waals surface area contributed by atoms with Crippen molar-refractivity contribution in [3.05, 3.63) is 17.0 Å². The van der Waals surface area contributed by atoms with Gasteiger partial charge in [-0.15, -0.1) is 11.3 Å². The first-order valence-electron chi connectivity index (χ1n) is 4.32. The van der Waals surface area contributed by atoms with Gasteiger partial charge < -0.3 is 11.5 Å². The molecule has 0 amide bonds. The summed E-state index contributed by atoms with van der Waals surface area (Å²) in [6, 6.07) is 3.31. The second-order valence-electron chi connectivity index (χ2n) is 2.87. The molecular formula is C8H13N3O2S2. The Morgan fingerprint density at radius 2 is 2.13 bits per heavy atom. The second kappa shape index (κ2) is 4.63. The first kappa shape index (κ1) is 12.0. The largest absolute Gasteiger partial charge is 0.370 e. The van der Waals surface area contributed by atoms with Crippen molar-refractivity contribution in [3.8, 4) is 0 Å². The third-order valence-electron chi connectivity index (χ3n) is 1.74. The molecule has 15 heavy (non-hydrogen) atoms. The van der Waals surface area contributed by atoms with Crippen LogP contribution in [-0.2, 0) is 16.4 Å². The zero-order valence-electron chi connectivity index (χ0n) is 8.30. The van der Waals surface area contributed by atoms with Crippen molar-refractivity contribution in [1.82, 2.24) is 0 Å². The molecule has 5 nitrogen and oxygen atoms in total. The van der Waals surface area contributed by atoms with Gasteiger partial charge in [0.05, 0.1) is 12.3 Å². The third kappa shape index (κ3) is 3.21. The van der Waals surface area contributed by atoms with E-state index in [1.54, 1.807) is 19.1 Å². The molecule has 0 aliphatic carbocycles. The molecule has 0 aromatic carbocycles. The molecule has 1 rings (SSSR count). The molecule has 0 aliphatic heterocycles. The van der Waals surface area contributed by atoms with E-state index in [2.05, 4.69) is 4.99 Å². The molecule has 0 bridgehead atoms. The standard InChI is InChI=1S/C8H13N3O2S2/c1-2-15(12,13)7-4-3-6(14-7)5-11-8(9)10/h3-4H,2,5H2,1H3,(H4,9,10,11). The van der Waals surface area contributed by atoms with Crippen molar-refractivity contribution < 1.29 is 8.42 Å². The van der Waals surface area contributed by atoms with Crippen LogP contribution in [-0.4, -0.2) is 20.1 Å². The predicted octanol–water partition coefficient (Wildman–Crippen LogP) is 0.315. The first-order valence-corrected chi connectivity index (χ1v) is 6.79. The van der Waals surface area contributed by atoms with Gasteiger partial charge >= 0.3 is 0 Å². The van der Waals surface area contributed by atoms with E-state index in [1.165, 1.54) is 11.3 Å². The SMILES string of the molecule is CCS(=O)(=O)c1ccc(CN=C(N)N)s1. The summed E-state index contributed by atoms with van der Waals surface area (Å²) in [6.45, 7) is 1.94. The van der Waals surface area contributed by atoms with Gasteiger partial charge in [-0.25, -0.2) is 13.4 Å². The number of nitrogens with two attached hydrogens (primary N) is 2. The minimum Gasteiger partial charge on any atom is -0.370 e. The Kier molecular flexibility index (Phi) is 3.70. The summed E-state index contributed by atoms with van der Waals surface area (Å²) >= 11 is 1.20. The van der Waals surface area contributed by atoms with E-state index in [9.17, 15) is 8.42 Å². The Morgan fingerprint density at radius 3 is 2.67 bits per heavy atom.